The molecule has 1 atom stereocenters. The number of carbonyl (C=O) groups is 1. The van der Waals surface area contributed by atoms with E-state index in [1.165, 1.54) is 18.9 Å². The zero-order valence-corrected chi connectivity index (χ0v) is 11.1. The van der Waals surface area contributed by atoms with Gasteiger partial charge in [0, 0.05) is 23.6 Å². The van der Waals surface area contributed by atoms with Crippen LogP contribution in [0.25, 0.3) is 10.9 Å². The predicted octanol–water partition coefficient (Wildman–Crippen LogP) is 2.60. The third-order valence-electron chi connectivity index (χ3n) is 4.11. The minimum atomic E-state index is -0.235. The van der Waals surface area contributed by atoms with E-state index in [9.17, 15) is 9.18 Å². The molecule has 19 heavy (non-hydrogen) atoms. The van der Waals surface area contributed by atoms with Crippen molar-refractivity contribution in [2.45, 2.75) is 19.3 Å². The summed E-state index contributed by atoms with van der Waals surface area (Å²) in [5, 5.41) is 0.922. The molecule has 3 rings (SSSR count). The van der Waals surface area contributed by atoms with Gasteiger partial charge in [0.15, 0.2) is 0 Å². The molecular formula is C15H16FNO2. The molecule has 0 saturated heterocycles. The predicted molar refractivity (Wildman–Crippen MR) is 70.4 cm³/mol. The Morgan fingerprint density at radius 3 is 3.00 bits per heavy atom. The van der Waals surface area contributed by atoms with E-state index < -0.39 is 0 Å². The molecule has 4 heteroatoms. The van der Waals surface area contributed by atoms with Crippen LogP contribution in [0, 0.1) is 11.7 Å². The minimum Gasteiger partial charge on any atom is -0.469 e. The third kappa shape index (κ3) is 1.82. The van der Waals surface area contributed by atoms with Crippen molar-refractivity contribution in [1.82, 2.24) is 4.57 Å². The maximum atomic E-state index is 13.4. The molecule has 0 spiro atoms. The van der Waals surface area contributed by atoms with Crippen LogP contribution in [0.1, 0.15) is 17.7 Å². The fourth-order valence-electron chi connectivity index (χ4n) is 3.12. The number of halogens is 1. The second-order valence-corrected chi connectivity index (χ2v) is 5.11. The van der Waals surface area contributed by atoms with Crippen molar-refractivity contribution >= 4 is 16.9 Å². The van der Waals surface area contributed by atoms with Crippen LogP contribution in [0.15, 0.2) is 18.2 Å². The summed E-state index contributed by atoms with van der Waals surface area (Å²) in [7, 11) is 3.41. The molecule has 1 aliphatic carbocycles. The van der Waals surface area contributed by atoms with E-state index >= 15 is 0 Å². The highest BCUT2D eigenvalue weighted by molar-refractivity contribution is 5.87. The molecule has 0 N–H and O–H groups in total. The van der Waals surface area contributed by atoms with E-state index in [0.717, 1.165) is 29.3 Å². The third-order valence-corrected chi connectivity index (χ3v) is 4.11. The van der Waals surface area contributed by atoms with E-state index in [1.54, 1.807) is 12.1 Å². The average Bonchev–Trinajstić information content (AvgIpc) is 2.70. The molecular weight excluding hydrogens is 245 g/mol. The van der Waals surface area contributed by atoms with Gasteiger partial charge in [-0.2, -0.15) is 0 Å². The number of ether oxygens (including phenoxy) is 1. The smallest absolute Gasteiger partial charge is 0.309 e. The Hall–Kier alpha value is -1.84. The monoisotopic (exact) mass is 261 g/mol. The molecule has 0 aliphatic heterocycles. The molecule has 1 aromatic carbocycles. The molecule has 1 heterocycles. The Morgan fingerprint density at radius 1 is 1.47 bits per heavy atom. The Labute approximate surface area is 111 Å². The van der Waals surface area contributed by atoms with Gasteiger partial charge in [0.25, 0.3) is 0 Å². The molecule has 0 radical (unpaired) electrons. The highest BCUT2D eigenvalue weighted by Gasteiger charge is 2.29. The van der Waals surface area contributed by atoms with Gasteiger partial charge in [0.2, 0.25) is 0 Å². The molecule has 1 unspecified atom stereocenters. The number of esters is 1. The van der Waals surface area contributed by atoms with Gasteiger partial charge in [-0.1, -0.05) is 0 Å². The van der Waals surface area contributed by atoms with Gasteiger partial charge in [-0.3, -0.25) is 4.79 Å². The Morgan fingerprint density at radius 2 is 2.26 bits per heavy atom. The summed E-state index contributed by atoms with van der Waals surface area (Å²) in [6.07, 6.45) is 2.27. The first-order chi connectivity index (χ1) is 9.11. The van der Waals surface area contributed by atoms with E-state index in [0.29, 0.717) is 6.42 Å². The van der Waals surface area contributed by atoms with Crippen molar-refractivity contribution in [3.8, 4) is 0 Å². The van der Waals surface area contributed by atoms with E-state index in [4.69, 9.17) is 4.74 Å². The number of rotatable bonds is 1. The number of nitrogens with zero attached hydrogens (tertiary/aromatic N) is 1. The van der Waals surface area contributed by atoms with Gasteiger partial charge in [-0.05, 0) is 43.0 Å². The molecule has 0 amide bonds. The summed E-state index contributed by atoms with van der Waals surface area (Å²) in [4.78, 5) is 11.7. The van der Waals surface area contributed by atoms with E-state index in [-0.39, 0.29) is 17.7 Å². The number of fused-ring (bicyclic) bond motifs is 3. The molecule has 3 nitrogen and oxygen atoms in total. The largest absolute Gasteiger partial charge is 0.469 e. The lowest BCUT2D eigenvalue weighted by molar-refractivity contribution is -0.145. The van der Waals surface area contributed by atoms with Crippen LogP contribution in [-0.4, -0.2) is 17.6 Å². The first-order valence-electron chi connectivity index (χ1n) is 6.45. The Bertz CT molecular complexity index is 660. The number of aryl methyl sites for hydroxylation is 1. The molecule has 1 aliphatic rings. The Kier molecular flexibility index (Phi) is 2.81. The maximum Gasteiger partial charge on any atom is 0.309 e. The van der Waals surface area contributed by atoms with Crippen molar-refractivity contribution in [2.75, 3.05) is 7.11 Å². The van der Waals surface area contributed by atoms with E-state index in [2.05, 4.69) is 4.57 Å². The SMILES string of the molecule is COC(=O)C1CCc2c(c3cc(F)ccc3n2C)C1. The summed E-state index contributed by atoms with van der Waals surface area (Å²) < 4.78 is 20.4. The van der Waals surface area contributed by atoms with Crippen LogP contribution in [0.2, 0.25) is 0 Å². The van der Waals surface area contributed by atoms with Crippen molar-refractivity contribution in [2.24, 2.45) is 13.0 Å². The van der Waals surface area contributed by atoms with Crippen LogP contribution in [-0.2, 0) is 29.4 Å². The van der Waals surface area contributed by atoms with Crippen molar-refractivity contribution < 1.29 is 13.9 Å². The van der Waals surface area contributed by atoms with Gasteiger partial charge < -0.3 is 9.30 Å². The maximum absolute atomic E-state index is 13.4. The first kappa shape index (κ1) is 12.2. The normalized spacial score (nSPS) is 18.4. The zero-order valence-electron chi connectivity index (χ0n) is 11.1. The number of benzene rings is 1. The summed E-state index contributed by atoms with van der Waals surface area (Å²) >= 11 is 0. The summed E-state index contributed by atoms with van der Waals surface area (Å²) in [5.74, 6) is -0.508. The quantitative estimate of drug-likeness (QED) is 0.739. The molecule has 100 valence electrons. The van der Waals surface area contributed by atoms with Crippen LogP contribution < -0.4 is 0 Å². The van der Waals surface area contributed by atoms with Gasteiger partial charge >= 0.3 is 5.97 Å². The highest BCUT2D eigenvalue weighted by Crippen LogP contribution is 2.34. The standard InChI is InChI=1S/C15H16FNO2/c1-17-13-5-3-9(15(18)19-2)7-11(13)12-8-10(16)4-6-14(12)17/h4,6,8-9H,3,5,7H2,1-2H3. The summed E-state index contributed by atoms with van der Waals surface area (Å²) in [6.45, 7) is 0. The second-order valence-electron chi connectivity index (χ2n) is 5.11. The van der Waals surface area contributed by atoms with E-state index in [1.807, 2.05) is 7.05 Å². The summed E-state index contributed by atoms with van der Waals surface area (Å²) in [6, 6.07) is 4.84. The molecule has 0 fully saturated rings. The van der Waals surface area contributed by atoms with Gasteiger partial charge in [0.1, 0.15) is 5.82 Å². The lowest BCUT2D eigenvalue weighted by Crippen LogP contribution is -2.24. The number of carbonyl (C=O) groups excluding carboxylic acids is 1. The van der Waals surface area contributed by atoms with Crippen molar-refractivity contribution in [1.29, 1.82) is 0 Å². The number of methoxy groups -OCH3 is 1. The second kappa shape index (κ2) is 4.37. The van der Waals surface area contributed by atoms with Gasteiger partial charge in [-0.15, -0.1) is 0 Å². The lowest BCUT2D eigenvalue weighted by atomic mass is 9.86. The average molecular weight is 261 g/mol. The lowest BCUT2D eigenvalue weighted by Gasteiger charge is -2.21. The fourth-order valence-corrected chi connectivity index (χ4v) is 3.12. The van der Waals surface area contributed by atoms with Gasteiger partial charge in [0.05, 0.1) is 13.0 Å². The fraction of sp³-hybridized carbons (Fsp3) is 0.400. The van der Waals surface area contributed by atoms with Crippen LogP contribution in [0.5, 0.6) is 0 Å². The van der Waals surface area contributed by atoms with Crippen LogP contribution >= 0.6 is 0 Å². The van der Waals surface area contributed by atoms with Crippen LogP contribution in [0.3, 0.4) is 0 Å². The number of hydrogen-bond acceptors (Lipinski definition) is 2. The molecule has 0 bridgehead atoms. The molecule has 2 aromatic rings. The molecule has 1 aromatic heterocycles. The molecule has 0 saturated carbocycles. The zero-order chi connectivity index (χ0) is 13.6. The van der Waals surface area contributed by atoms with Crippen molar-refractivity contribution in [3.63, 3.8) is 0 Å². The minimum absolute atomic E-state index is 0.105. The van der Waals surface area contributed by atoms with Crippen molar-refractivity contribution in [3.05, 3.63) is 35.3 Å². The van der Waals surface area contributed by atoms with Gasteiger partial charge in [-0.25, -0.2) is 4.39 Å². The number of aromatic nitrogens is 1. The highest BCUT2D eigenvalue weighted by atomic mass is 19.1. The topological polar surface area (TPSA) is 31.2 Å². The number of hydrogen-bond donors (Lipinski definition) is 0. The summed E-state index contributed by atoms with van der Waals surface area (Å²) in [5.41, 5.74) is 3.33. The van der Waals surface area contributed by atoms with Crippen LogP contribution in [0.4, 0.5) is 4.39 Å². The Balaban J connectivity index is 2.13. The first-order valence-corrected chi connectivity index (χ1v) is 6.45.